The van der Waals surface area contributed by atoms with Gasteiger partial charge in [-0.25, -0.2) is 0 Å². The second-order valence-corrected chi connectivity index (χ2v) is 6.29. The van der Waals surface area contributed by atoms with Gasteiger partial charge in [-0.2, -0.15) is 5.10 Å². The van der Waals surface area contributed by atoms with Crippen LogP contribution in [0.4, 0.5) is 5.69 Å². The Balaban J connectivity index is 1.71. The van der Waals surface area contributed by atoms with Gasteiger partial charge in [0.25, 0.3) is 0 Å². The van der Waals surface area contributed by atoms with E-state index in [2.05, 4.69) is 21.6 Å². The van der Waals surface area contributed by atoms with Crippen LogP contribution in [0.2, 0.25) is 0 Å². The maximum absolute atomic E-state index is 12.0. The van der Waals surface area contributed by atoms with Crippen molar-refractivity contribution in [3.05, 3.63) is 59.1 Å². The Hall–Kier alpha value is -2.40. The lowest BCUT2D eigenvalue weighted by atomic mass is 10.1. The fourth-order valence-corrected chi connectivity index (χ4v) is 3.20. The second kappa shape index (κ2) is 7.24. The fraction of sp³-hybridized carbons (Fsp3) is 0.222. The molecule has 0 saturated heterocycles. The van der Waals surface area contributed by atoms with Gasteiger partial charge in [0.1, 0.15) is 5.69 Å². The normalized spacial score (nSPS) is 10.7. The summed E-state index contributed by atoms with van der Waals surface area (Å²) in [7, 11) is 0. The molecule has 2 heterocycles. The maximum atomic E-state index is 12.0. The molecule has 2 N–H and O–H groups in total. The Morgan fingerprint density at radius 1 is 1.30 bits per heavy atom. The summed E-state index contributed by atoms with van der Waals surface area (Å²) in [5.41, 5.74) is 3.80. The number of thiophene rings is 1. The minimum Gasteiger partial charge on any atom is -0.381 e. The number of anilines is 1. The Kier molecular flexibility index (Phi) is 4.88. The number of hydrogen-bond acceptors (Lipinski definition) is 4. The molecule has 1 aromatic carbocycles. The van der Waals surface area contributed by atoms with E-state index in [4.69, 9.17) is 0 Å². The molecule has 0 amide bonds. The quantitative estimate of drug-likeness (QED) is 0.617. The van der Waals surface area contributed by atoms with Crippen molar-refractivity contribution in [2.45, 2.75) is 26.3 Å². The molecule has 0 spiro atoms. The third-order valence-electron chi connectivity index (χ3n) is 3.62. The number of nitrogens with zero attached hydrogens (tertiary/aromatic N) is 1. The summed E-state index contributed by atoms with van der Waals surface area (Å²) in [5, 5.41) is 12.7. The number of hydrogen-bond donors (Lipinski definition) is 2. The van der Waals surface area contributed by atoms with E-state index in [0.29, 0.717) is 13.0 Å². The van der Waals surface area contributed by atoms with Crippen molar-refractivity contribution < 1.29 is 4.79 Å². The monoisotopic (exact) mass is 325 g/mol. The number of carbonyl (C=O) groups is 1. The number of ketones is 1. The molecule has 118 valence electrons. The van der Waals surface area contributed by atoms with E-state index in [0.717, 1.165) is 33.8 Å². The van der Waals surface area contributed by atoms with Crippen molar-refractivity contribution in [1.29, 1.82) is 0 Å². The first-order chi connectivity index (χ1) is 11.3. The minimum absolute atomic E-state index is 0.193. The molecule has 0 radical (unpaired) electrons. The zero-order chi connectivity index (χ0) is 16.1. The van der Waals surface area contributed by atoms with Crippen LogP contribution in [0.15, 0.2) is 48.0 Å². The lowest BCUT2D eigenvalue weighted by molar-refractivity contribution is 0.0982. The number of H-pyrrole nitrogens is 1. The number of nitrogens with one attached hydrogen (secondary N) is 2. The predicted octanol–water partition coefficient (Wildman–Crippen LogP) is 4.73. The van der Waals surface area contributed by atoms with Gasteiger partial charge in [0, 0.05) is 36.0 Å². The molecule has 4 nitrogen and oxygen atoms in total. The molecule has 0 bridgehead atoms. The largest absolute Gasteiger partial charge is 0.381 e. The standard InChI is InChI=1S/C18H19N3OS/c1-2-5-16(22)13-6-3-7-15(10-13)19-11-14-12-20-21-18(14)17-8-4-9-23-17/h3-4,6-10,12,19H,2,5,11H2,1H3,(H,20,21). The van der Waals surface area contributed by atoms with Crippen LogP contribution < -0.4 is 5.32 Å². The van der Waals surface area contributed by atoms with Crippen molar-refractivity contribution in [2.75, 3.05) is 5.32 Å². The van der Waals surface area contributed by atoms with Crippen LogP contribution >= 0.6 is 11.3 Å². The first kappa shape index (κ1) is 15.5. The molecule has 5 heteroatoms. The summed E-state index contributed by atoms with van der Waals surface area (Å²) in [4.78, 5) is 13.1. The zero-order valence-corrected chi connectivity index (χ0v) is 13.8. The highest BCUT2D eigenvalue weighted by Gasteiger charge is 2.10. The second-order valence-electron chi connectivity index (χ2n) is 5.34. The Labute approximate surface area is 139 Å². The molecule has 0 atom stereocenters. The summed E-state index contributed by atoms with van der Waals surface area (Å²) < 4.78 is 0. The Morgan fingerprint density at radius 2 is 2.22 bits per heavy atom. The average Bonchev–Trinajstić information content (AvgIpc) is 3.24. The highest BCUT2D eigenvalue weighted by molar-refractivity contribution is 7.13. The average molecular weight is 325 g/mol. The lowest BCUT2D eigenvalue weighted by Crippen LogP contribution is -2.02. The van der Waals surface area contributed by atoms with Crippen molar-refractivity contribution in [3.8, 4) is 10.6 Å². The van der Waals surface area contributed by atoms with Gasteiger partial charge in [0.15, 0.2) is 5.78 Å². The summed E-state index contributed by atoms with van der Waals surface area (Å²) in [5.74, 6) is 0.193. The van der Waals surface area contributed by atoms with Gasteiger partial charge in [-0.15, -0.1) is 11.3 Å². The van der Waals surface area contributed by atoms with E-state index < -0.39 is 0 Å². The predicted molar refractivity (Wildman–Crippen MR) is 94.9 cm³/mol. The van der Waals surface area contributed by atoms with Crippen molar-refractivity contribution in [1.82, 2.24) is 10.2 Å². The fourth-order valence-electron chi connectivity index (χ4n) is 2.45. The summed E-state index contributed by atoms with van der Waals surface area (Å²) >= 11 is 1.67. The maximum Gasteiger partial charge on any atom is 0.162 e. The molecule has 0 aliphatic rings. The van der Waals surface area contributed by atoms with Gasteiger partial charge in [-0.05, 0) is 30.0 Å². The molecule has 3 rings (SSSR count). The number of rotatable bonds is 7. The molecule has 0 aliphatic heterocycles. The molecule has 2 aromatic heterocycles. The number of benzene rings is 1. The number of carbonyl (C=O) groups excluding carboxylic acids is 1. The van der Waals surface area contributed by atoms with Gasteiger partial charge in [-0.1, -0.05) is 25.1 Å². The minimum atomic E-state index is 0.193. The van der Waals surface area contributed by atoms with Crippen LogP contribution in [0.1, 0.15) is 35.7 Å². The van der Waals surface area contributed by atoms with Crippen LogP contribution in [0, 0.1) is 0 Å². The van der Waals surface area contributed by atoms with Crippen LogP contribution in [0.3, 0.4) is 0 Å². The van der Waals surface area contributed by atoms with E-state index in [1.54, 1.807) is 11.3 Å². The molecule has 0 fully saturated rings. The van der Waals surface area contributed by atoms with E-state index in [1.165, 1.54) is 0 Å². The molecule has 23 heavy (non-hydrogen) atoms. The van der Waals surface area contributed by atoms with Crippen LogP contribution in [0.25, 0.3) is 10.6 Å². The van der Waals surface area contributed by atoms with Crippen molar-refractivity contribution in [3.63, 3.8) is 0 Å². The SMILES string of the molecule is CCCC(=O)c1cccc(NCc2c[nH]nc2-c2cccs2)c1. The third kappa shape index (κ3) is 3.68. The van der Waals surface area contributed by atoms with Crippen molar-refractivity contribution in [2.24, 2.45) is 0 Å². The molecular formula is C18H19N3OS. The highest BCUT2D eigenvalue weighted by atomic mass is 32.1. The van der Waals surface area contributed by atoms with E-state index >= 15 is 0 Å². The summed E-state index contributed by atoms with van der Waals surface area (Å²) in [6.07, 6.45) is 3.37. The van der Waals surface area contributed by atoms with E-state index in [-0.39, 0.29) is 5.78 Å². The van der Waals surface area contributed by atoms with Crippen LogP contribution in [-0.4, -0.2) is 16.0 Å². The molecule has 0 unspecified atom stereocenters. The number of Topliss-reactive ketones (excluding diaryl/α,β-unsaturated/α-hetero) is 1. The van der Waals surface area contributed by atoms with Gasteiger partial charge in [0.2, 0.25) is 0 Å². The summed E-state index contributed by atoms with van der Waals surface area (Å²) in [6, 6.07) is 11.8. The van der Waals surface area contributed by atoms with E-state index in [9.17, 15) is 4.79 Å². The highest BCUT2D eigenvalue weighted by Crippen LogP contribution is 2.26. The van der Waals surface area contributed by atoms with Crippen molar-refractivity contribution >= 4 is 22.8 Å². The molecular weight excluding hydrogens is 306 g/mol. The van der Waals surface area contributed by atoms with Crippen LogP contribution in [0.5, 0.6) is 0 Å². The van der Waals surface area contributed by atoms with Gasteiger partial charge in [-0.3, -0.25) is 9.89 Å². The van der Waals surface area contributed by atoms with E-state index in [1.807, 2.05) is 48.8 Å². The topological polar surface area (TPSA) is 57.8 Å². The Morgan fingerprint density at radius 3 is 3.00 bits per heavy atom. The van der Waals surface area contributed by atoms with Gasteiger partial charge >= 0.3 is 0 Å². The molecule has 0 saturated carbocycles. The number of aromatic amines is 1. The van der Waals surface area contributed by atoms with Gasteiger partial charge < -0.3 is 5.32 Å². The molecule has 3 aromatic rings. The van der Waals surface area contributed by atoms with Gasteiger partial charge in [0.05, 0.1) is 4.88 Å². The Bertz CT molecular complexity index is 777. The first-order valence-electron chi connectivity index (χ1n) is 7.71. The third-order valence-corrected chi connectivity index (χ3v) is 4.50. The number of aromatic nitrogens is 2. The molecule has 0 aliphatic carbocycles. The smallest absolute Gasteiger partial charge is 0.162 e. The summed E-state index contributed by atoms with van der Waals surface area (Å²) in [6.45, 7) is 2.68. The van der Waals surface area contributed by atoms with Crippen LogP contribution in [-0.2, 0) is 6.54 Å². The first-order valence-corrected chi connectivity index (χ1v) is 8.59. The zero-order valence-electron chi connectivity index (χ0n) is 13.0. The lowest BCUT2D eigenvalue weighted by Gasteiger charge is -2.08.